The molecule has 4 heteroatoms. The maximum atomic E-state index is 13.0. The van der Waals surface area contributed by atoms with Crippen LogP contribution < -0.4 is 0 Å². The van der Waals surface area contributed by atoms with Gasteiger partial charge in [0.05, 0.1) is 0 Å². The summed E-state index contributed by atoms with van der Waals surface area (Å²) in [6, 6.07) is 4.33. The molecule has 0 N–H and O–H groups in total. The molecule has 0 radical (unpaired) electrons. The van der Waals surface area contributed by atoms with Crippen LogP contribution in [0, 0.1) is 18.7 Å². The van der Waals surface area contributed by atoms with Gasteiger partial charge >= 0.3 is 0 Å². The van der Waals surface area contributed by atoms with Crippen molar-refractivity contribution in [3.05, 3.63) is 35.1 Å². The van der Waals surface area contributed by atoms with Crippen molar-refractivity contribution >= 4 is 21.8 Å². The van der Waals surface area contributed by atoms with Crippen LogP contribution in [0.15, 0.2) is 18.2 Å². The van der Waals surface area contributed by atoms with E-state index in [0.29, 0.717) is 21.9 Å². The summed E-state index contributed by atoms with van der Waals surface area (Å²) in [6.07, 6.45) is 1.00. The third-order valence-electron chi connectivity index (χ3n) is 3.57. The molecule has 1 heterocycles. The predicted molar refractivity (Wildman–Crippen MR) is 73.5 cm³/mol. The third-order valence-corrected chi connectivity index (χ3v) is 4.76. The quantitative estimate of drug-likeness (QED) is 0.728. The first-order chi connectivity index (χ1) is 8.49. The van der Waals surface area contributed by atoms with Gasteiger partial charge in [0.2, 0.25) is 0 Å². The first-order valence-corrected chi connectivity index (χ1v) is 7.10. The van der Waals surface area contributed by atoms with E-state index >= 15 is 0 Å². The van der Waals surface area contributed by atoms with Crippen molar-refractivity contribution in [2.45, 2.75) is 25.1 Å². The summed E-state index contributed by atoms with van der Waals surface area (Å²) in [4.78, 5) is 14.6. The largest absolute Gasteiger partial charge is 0.337 e. The van der Waals surface area contributed by atoms with E-state index in [1.165, 1.54) is 12.1 Å². The summed E-state index contributed by atoms with van der Waals surface area (Å²) in [7, 11) is 0. The number of carbonyl (C=O) groups is 1. The first kappa shape index (κ1) is 13.5. The summed E-state index contributed by atoms with van der Waals surface area (Å²) in [5.74, 6) is 0.293. The molecule has 18 heavy (non-hydrogen) atoms. The van der Waals surface area contributed by atoms with Gasteiger partial charge < -0.3 is 4.90 Å². The molecule has 0 spiro atoms. The van der Waals surface area contributed by atoms with E-state index in [1.807, 2.05) is 4.90 Å². The minimum absolute atomic E-state index is 0.00356. The number of rotatable bonds is 1. The monoisotopic (exact) mass is 313 g/mol. The van der Waals surface area contributed by atoms with Gasteiger partial charge in [-0.25, -0.2) is 4.39 Å². The molecule has 2 nitrogen and oxygen atoms in total. The Morgan fingerprint density at radius 1 is 1.50 bits per heavy atom. The molecule has 0 aliphatic carbocycles. The number of piperidine rings is 1. The molecule has 2 atom stereocenters. The number of nitrogens with zero attached hydrogens (tertiary/aromatic N) is 1. The van der Waals surface area contributed by atoms with Gasteiger partial charge in [0.1, 0.15) is 5.82 Å². The lowest BCUT2D eigenvalue weighted by molar-refractivity contribution is 0.0705. The number of hydrogen-bond acceptors (Lipinski definition) is 1. The van der Waals surface area contributed by atoms with E-state index in [9.17, 15) is 9.18 Å². The molecule has 98 valence electrons. The van der Waals surface area contributed by atoms with E-state index in [2.05, 4.69) is 22.9 Å². The number of likely N-dealkylation sites (tertiary alicyclic amines) is 1. The molecule has 1 aliphatic heterocycles. The molecule has 1 saturated heterocycles. The van der Waals surface area contributed by atoms with Gasteiger partial charge in [0, 0.05) is 23.5 Å². The minimum Gasteiger partial charge on any atom is -0.337 e. The zero-order valence-corrected chi connectivity index (χ0v) is 12.2. The molecule has 2 rings (SSSR count). The molecular formula is C14H17BrFNO. The highest BCUT2D eigenvalue weighted by molar-refractivity contribution is 9.09. The van der Waals surface area contributed by atoms with E-state index in [-0.39, 0.29) is 11.7 Å². The number of amides is 1. The van der Waals surface area contributed by atoms with E-state index in [4.69, 9.17) is 0 Å². The van der Waals surface area contributed by atoms with E-state index in [1.54, 1.807) is 13.0 Å². The topological polar surface area (TPSA) is 20.3 Å². The minimum atomic E-state index is -0.297. The highest BCUT2D eigenvalue weighted by atomic mass is 79.9. The second-order valence-electron chi connectivity index (χ2n) is 4.99. The van der Waals surface area contributed by atoms with Crippen LogP contribution in [0.25, 0.3) is 0 Å². The van der Waals surface area contributed by atoms with Gasteiger partial charge in [0.25, 0.3) is 5.91 Å². The van der Waals surface area contributed by atoms with Gasteiger partial charge in [-0.1, -0.05) is 22.9 Å². The Bertz CT molecular complexity index is 463. The van der Waals surface area contributed by atoms with Crippen LogP contribution in [0.2, 0.25) is 0 Å². The molecule has 2 unspecified atom stereocenters. The Kier molecular flexibility index (Phi) is 4.05. The van der Waals surface area contributed by atoms with Crippen molar-refractivity contribution in [2.75, 3.05) is 13.1 Å². The lowest BCUT2D eigenvalue weighted by atomic mass is 9.98. The van der Waals surface area contributed by atoms with E-state index in [0.717, 1.165) is 19.5 Å². The zero-order chi connectivity index (χ0) is 13.3. The lowest BCUT2D eigenvalue weighted by Crippen LogP contribution is -2.43. The number of halogens is 2. The maximum Gasteiger partial charge on any atom is 0.254 e. The zero-order valence-electron chi connectivity index (χ0n) is 10.6. The van der Waals surface area contributed by atoms with Crippen LogP contribution in [0.1, 0.15) is 29.3 Å². The number of carbonyl (C=O) groups excluding carboxylic acids is 1. The normalized spacial score (nSPS) is 24.1. The van der Waals surface area contributed by atoms with Gasteiger partial charge in [-0.2, -0.15) is 0 Å². The molecule has 1 aromatic carbocycles. The van der Waals surface area contributed by atoms with Crippen LogP contribution in [0.3, 0.4) is 0 Å². The van der Waals surface area contributed by atoms with Crippen molar-refractivity contribution in [1.29, 1.82) is 0 Å². The molecule has 1 aromatic rings. The second-order valence-corrected chi connectivity index (χ2v) is 6.17. The van der Waals surface area contributed by atoms with Crippen molar-refractivity contribution in [1.82, 2.24) is 4.90 Å². The Balaban J connectivity index is 2.16. The van der Waals surface area contributed by atoms with Gasteiger partial charge in [0.15, 0.2) is 0 Å². The lowest BCUT2D eigenvalue weighted by Gasteiger charge is -2.34. The van der Waals surface area contributed by atoms with Crippen LogP contribution in [0.5, 0.6) is 0 Å². The summed E-state index contributed by atoms with van der Waals surface area (Å²) in [6.45, 7) is 5.45. The van der Waals surface area contributed by atoms with Crippen LogP contribution in [0.4, 0.5) is 4.39 Å². The first-order valence-electron chi connectivity index (χ1n) is 6.18. The van der Waals surface area contributed by atoms with Gasteiger partial charge in [-0.3, -0.25) is 4.79 Å². The van der Waals surface area contributed by atoms with Gasteiger partial charge in [-0.05, 0) is 43.0 Å². The van der Waals surface area contributed by atoms with Crippen LogP contribution in [-0.2, 0) is 0 Å². The van der Waals surface area contributed by atoms with Crippen LogP contribution >= 0.6 is 15.9 Å². The third kappa shape index (κ3) is 2.74. The Morgan fingerprint density at radius 3 is 2.83 bits per heavy atom. The van der Waals surface area contributed by atoms with E-state index < -0.39 is 0 Å². The molecule has 0 bridgehead atoms. The Hall–Kier alpha value is -0.900. The number of aryl methyl sites for hydroxylation is 1. The molecule has 0 aromatic heterocycles. The Labute approximate surface area is 115 Å². The predicted octanol–water partition coefficient (Wildman–Crippen LogP) is 3.38. The molecular weight excluding hydrogens is 297 g/mol. The summed E-state index contributed by atoms with van der Waals surface area (Å²) >= 11 is 3.61. The fourth-order valence-electron chi connectivity index (χ4n) is 2.24. The number of benzene rings is 1. The van der Waals surface area contributed by atoms with Crippen molar-refractivity contribution in [3.63, 3.8) is 0 Å². The fourth-order valence-corrected chi connectivity index (χ4v) is 2.86. The van der Waals surface area contributed by atoms with Crippen molar-refractivity contribution in [2.24, 2.45) is 5.92 Å². The fraction of sp³-hybridized carbons (Fsp3) is 0.500. The van der Waals surface area contributed by atoms with Gasteiger partial charge in [-0.15, -0.1) is 0 Å². The highest BCUT2D eigenvalue weighted by Crippen LogP contribution is 2.25. The SMILES string of the molecule is Cc1cc(F)ccc1C(=O)N1CCC(C)C(Br)C1. The average molecular weight is 314 g/mol. The second kappa shape index (κ2) is 5.39. The Morgan fingerprint density at radius 2 is 2.22 bits per heavy atom. The summed E-state index contributed by atoms with van der Waals surface area (Å²) in [5.41, 5.74) is 1.30. The smallest absolute Gasteiger partial charge is 0.254 e. The van der Waals surface area contributed by atoms with Crippen LogP contribution in [-0.4, -0.2) is 28.7 Å². The number of alkyl halides is 1. The highest BCUT2D eigenvalue weighted by Gasteiger charge is 2.28. The standard InChI is InChI=1S/C14H17BrFNO/c1-9-5-6-17(8-13(9)15)14(18)12-4-3-11(16)7-10(12)2/h3-4,7,9,13H,5-6,8H2,1-2H3. The molecule has 1 amide bonds. The molecule has 1 aliphatic rings. The van der Waals surface area contributed by atoms with Crippen molar-refractivity contribution < 1.29 is 9.18 Å². The average Bonchev–Trinajstić information content (AvgIpc) is 2.32. The molecule has 1 fully saturated rings. The van der Waals surface area contributed by atoms with Crippen molar-refractivity contribution in [3.8, 4) is 0 Å². The summed E-state index contributed by atoms with van der Waals surface area (Å²) in [5, 5.41) is 0. The number of hydrogen-bond donors (Lipinski definition) is 0. The summed E-state index contributed by atoms with van der Waals surface area (Å²) < 4.78 is 13.0. The maximum absolute atomic E-state index is 13.0. The molecule has 0 saturated carbocycles.